The minimum Gasteiger partial charge on any atom is -0.320 e. The molecule has 1 aliphatic rings. The van der Waals surface area contributed by atoms with Crippen LogP contribution in [0.5, 0.6) is 0 Å². The summed E-state index contributed by atoms with van der Waals surface area (Å²) in [4.78, 5) is 14.9. The molecular weight excluding hydrogens is 171 g/mol. The number of carbonyl (C=O) groups excluding carboxylic acids is 1. The summed E-state index contributed by atoms with van der Waals surface area (Å²) in [6.07, 6.45) is -0.934. The van der Waals surface area contributed by atoms with Gasteiger partial charge in [-0.1, -0.05) is 0 Å². The van der Waals surface area contributed by atoms with Crippen molar-refractivity contribution in [2.75, 3.05) is 19.6 Å². The maximum absolute atomic E-state index is 12.6. The maximum Gasteiger partial charge on any atom is 0.320 e. The zero-order valence-corrected chi connectivity index (χ0v) is 8.46. The van der Waals surface area contributed by atoms with Crippen LogP contribution < -0.4 is 0 Å². The number of halogens is 1. The van der Waals surface area contributed by atoms with Gasteiger partial charge in [0.05, 0.1) is 6.54 Å². The highest BCUT2D eigenvalue weighted by atomic mass is 19.1. The van der Waals surface area contributed by atoms with Crippen LogP contribution in [-0.2, 0) is 0 Å². The van der Waals surface area contributed by atoms with Gasteiger partial charge in [-0.3, -0.25) is 0 Å². The van der Waals surface area contributed by atoms with Gasteiger partial charge in [0.2, 0.25) is 0 Å². The van der Waals surface area contributed by atoms with Crippen molar-refractivity contribution in [2.24, 2.45) is 0 Å². The van der Waals surface area contributed by atoms with E-state index >= 15 is 0 Å². The summed E-state index contributed by atoms with van der Waals surface area (Å²) in [5, 5.41) is 0. The van der Waals surface area contributed by atoms with Gasteiger partial charge in [-0.05, 0) is 20.8 Å². The highest BCUT2D eigenvalue weighted by Crippen LogP contribution is 2.12. The van der Waals surface area contributed by atoms with Crippen molar-refractivity contribution < 1.29 is 9.18 Å². The Kier molecular flexibility index (Phi) is 3.12. The summed E-state index contributed by atoms with van der Waals surface area (Å²) in [5.41, 5.74) is 0. The van der Waals surface area contributed by atoms with Crippen LogP contribution in [0.4, 0.5) is 9.18 Å². The second kappa shape index (κ2) is 3.94. The average molecular weight is 188 g/mol. The summed E-state index contributed by atoms with van der Waals surface area (Å²) in [6.45, 7) is 7.03. The van der Waals surface area contributed by atoms with Crippen molar-refractivity contribution in [3.8, 4) is 0 Å². The quantitative estimate of drug-likeness (QED) is 0.658. The molecule has 0 aromatic heterocycles. The van der Waals surface area contributed by atoms with Crippen LogP contribution in [0.3, 0.4) is 0 Å². The lowest BCUT2D eigenvalue weighted by molar-refractivity contribution is 0.172. The molecule has 3 nitrogen and oxygen atoms in total. The van der Waals surface area contributed by atoms with E-state index in [0.29, 0.717) is 6.54 Å². The third kappa shape index (κ3) is 2.32. The van der Waals surface area contributed by atoms with Crippen LogP contribution in [0.25, 0.3) is 0 Å². The van der Waals surface area contributed by atoms with E-state index in [-0.39, 0.29) is 18.6 Å². The van der Waals surface area contributed by atoms with Crippen molar-refractivity contribution in [1.82, 2.24) is 9.80 Å². The van der Waals surface area contributed by atoms with Crippen LogP contribution in [0.1, 0.15) is 20.8 Å². The zero-order valence-electron chi connectivity index (χ0n) is 8.46. The van der Waals surface area contributed by atoms with E-state index in [0.717, 1.165) is 6.54 Å². The van der Waals surface area contributed by atoms with Gasteiger partial charge in [-0.2, -0.15) is 0 Å². The molecule has 1 fully saturated rings. The number of rotatable bonds is 3. The minimum absolute atomic E-state index is 0.0282. The first-order chi connectivity index (χ1) is 6.02. The lowest BCUT2D eigenvalue weighted by atomic mass is 10.3. The molecule has 0 spiro atoms. The molecular formula is C9H17FN2O. The second-order valence-electron chi connectivity index (χ2n) is 3.80. The van der Waals surface area contributed by atoms with E-state index in [1.165, 1.54) is 6.92 Å². The number of hydrogen-bond acceptors (Lipinski definition) is 1. The van der Waals surface area contributed by atoms with E-state index in [1.807, 2.05) is 13.8 Å². The molecule has 2 amide bonds. The summed E-state index contributed by atoms with van der Waals surface area (Å²) in [7, 11) is 0. The average Bonchev–Trinajstić information content (AvgIpc) is 2.32. The number of urea groups is 1. The fraction of sp³-hybridized carbons (Fsp3) is 0.889. The largest absolute Gasteiger partial charge is 0.320 e. The Morgan fingerprint density at radius 2 is 2.00 bits per heavy atom. The van der Waals surface area contributed by atoms with Crippen molar-refractivity contribution >= 4 is 6.03 Å². The van der Waals surface area contributed by atoms with Crippen LogP contribution in [0.2, 0.25) is 0 Å². The number of amides is 2. The predicted octanol–water partition coefficient (Wildman–Crippen LogP) is 1.49. The molecule has 0 radical (unpaired) electrons. The Morgan fingerprint density at radius 3 is 2.38 bits per heavy atom. The molecule has 0 aromatic rings. The van der Waals surface area contributed by atoms with Crippen LogP contribution in [0.15, 0.2) is 0 Å². The summed E-state index contributed by atoms with van der Waals surface area (Å²) in [6, 6.07) is 0.187. The molecule has 1 atom stereocenters. The molecule has 0 saturated carbocycles. The zero-order chi connectivity index (χ0) is 10.0. The first-order valence-corrected chi connectivity index (χ1v) is 4.72. The summed E-state index contributed by atoms with van der Waals surface area (Å²) >= 11 is 0. The van der Waals surface area contributed by atoms with Crippen LogP contribution in [0, 0.1) is 0 Å². The Morgan fingerprint density at radius 1 is 1.38 bits per heavy atom. The van der Waals surface area contributed by atoms with Gasteiger partial charge in [0.1, 0.15) is 6.17 Å². The van der Waals surface area contributed by atoms with Gasteiger partial charge < -0.3 is 9.80 Å². The third-order valence-electron chi connectivity index (χ3n) is 2.22. The van der Waals surface area contributed by atoms with Crippen LogP contribution in [-0.4, -0.2) is 47.7 Å². The molecule has 13 heavy (non-hydrogen) atoms. The van der Waals surface area contributed by atoms with Gasteiger partial charge >= 0.3 is 6.03 Å². The minimum atomic E-state index is -0.934. The molecule has 1 saturated heterocycles. The topological polar surface area (TPSA) is 23.6 Å². The molecule has 1 unspecified atom stereocenters. The number of nitrogens with zero attached hydrogens (tertiary/aromatic N) is 2. The van der Waals surface area contributed by atoms with Crippen molar-refractivity contribution in [3.05, 3.63) is 0 Å². The first-order valence-electron chi connectivity index (χ1n) is 4.72. The normalized spacial score (nSPS) is 20.2. The van der Waals surface area contributed by atoms with Crippen molar-refractivity contribution in [1.29, 1.82) is 0 Å². The Hall–Kier alpha value is -0.800. The standard InChI is InChI=1S/C9H17FN2O/c1-7(2)12-5-4-11(9(12)13)6-8(3)10/h7-8H,4-6H2,1-3H3. The number of carbonyl (C=O) groups is 1. The highest BCUT2D eigenvalue weighted by Gasteiger charge is 2.30. The highest BCUT2D eigenvalue weighted by molar-refractivity contribution is 5.76. The van der Waals surface area contributed by atoms with Gasteiger partial charge in [0.25, 0.3) is 0 Å². The van der Waals surface area contributed by atoms with Gasteiger partial charge in [-0.15, -0.1) is 0 Å². The van der Waals surface area contributed by atoms with Gasteiger partial charge in [-0.25, -0.2) is 9.18 Å². The predicted molar refractivity (Wildman–Crippen MR) is 49.4 cm³/mol. The monoisotopic (exact) mass is 188 g/mol. The summed E-state index contributed by atoms with van der Waals surface area (Å²) < 4.78 is 12.6. The molecule has 1 heterocycles. The molecule has 0 aliphatic carbocycles. The fourth-order valence-electron chi connectivity index (χ4n) is 1.55. The Balaban J connectivity index is 2.50. The maximum atomic E-state index is 12.6. The van der Waals surface area contributed by atoms with Crippen molar-refractivity contribution in [2.45, 2.75) is 33.0 Å². The van der Waals surface area contributed by atoms with E-state index in [4.69, 9.17) is 0 Å². The van der Waals surface area contributed by atoms with E-state index < -0.39 is 6.17 Å². The second-order valence-corrected chi connectivity index (χ2v) is 3.80. The Labute approximate surface area is 78.5 Å². The lowest BCUT2D eigenvalue weighted by Gasteiger charge is -2.21. The first kappa shape index (κ1) is 10.3. The van der Waals surface area contributed by atoms with Gasteiger partial charge in [0.15, 0.2) is 0 Å². The lowest BCUT2D eigenvalue weighted by Crippen LogP contribution is -2.38. The van der Waals surface area contributed by atoms with Crippen LogP contribution >= 0.6 is 0 Å². The van der Waals surface area contributed by atoms with E-state index in [2.05, 4.69) is 0 Å². The molecule has 0 N–H and O–H groups in total. The molecule has 1 rings (SSSR count). The van der Waals surface area contributed by atoms with E-state index in [1.54, 1.807) is 9.80 Å². The fourth-order valence-corrected chi connectivity index (χ4v) is 1.55. The molecule has 0 bridgehead atoms. The van der Waals surface area contributed by atoms with Crippen molar-refractivity contribution in [3.63, 3.8) is 0 Å². The van der Waals surface area contributed by atoms with Gasteiger partial charge in [0, 0.05) is 19.1 Å². The van der Waals surface area contributed by atoms with E-state index in [9.17, 15) is 9.18 Å². The Bertz CT molecular complexity index is 194. The molecule has 4 heteroatoms. The number of alkyl halides is 1. The molecule has 76 valence electrons. The SMILES string of the molecule is CC(F)CN1CCN(C(C)C)C1=O. The summed E-state index contributed by atoms with van der Waals surface area (Å²) in [5.74, 6) is 0. The number of hydrogen-bond donors (Lipinski definition) is 0. The third-order valence-corrected chi connectivity index (χ3v) is 2.22. The smallest absolute Gasteiger partial charge is 0.320 e. The molecule has 1 aliphatic heterocycles. The molecule has 0 aromatic carbocycles.